The summed E-state index contributed by atoms with van der Waals surface area (Å²) in [5.74, 6) is 6.06. The number of hydrogen-bond acceptors (Lipinski definition) is 7. The lowest BCUT2D eigenvalue weighted by Gasteiger charge is -2.35. The van der Waals surface area contributed by atoms with Gasteiger partial charge in [0.05, 0.1) is 13.2 Å². The zero-order valence-electron chi connectivity index (χ0n) is 20.7. The summed E-state index contributed by atoms with van der Waals surface area (Å²) in [4.78, 5) is 18.7. The van der Waals surface area contributed by atoms with E-state index < -0.39 is 27.4 Å². The molecule has 176 valence electrons. The highest BCUT2D eigenvalue weighted by Gasteiger charge is 2.37. The molecule has 0 spiro atoms. The van der Waals surface area contributed by atoms with Crippen molar-refractivity contribution in [1.29, 1.82) is 0 Å². The van der Waals surface area contributed by atoms with E-state index in [1.165, 1.54) is 22.9 Å². The Morgan fingerprint density at radius 3 is 2.29 bits per heavy atom. The number of hydrogen-bond donors (Lipinski definition) is 0. The van der Waals surface area contributed by atoms with Crippen LogP contribution in [0.5, 0.6) is 0 Å². The third kappa shape index (κ3) is 8.03. The largest absolute Gasteiger partial charge is 0.443 e. The molecular formula is C21H37N2O5PSSi. The summed E-state index contributed by atoms with van der Waals surface area (Å²) in [6, 6.07) is 0. The summed E-state index contributed by atoms with van der Waals surface area (Å²) in [6.45, 7) is 20.0. The average Bonchev–Trinajstić information content (AvgIpc) is 3.00. The van der Waals surface area contributed by atoms with E-state index in [9.17, 15) is 9.36 Å². The molecule has 31 heavy (non-hydrogen) atoms. The predicted molar refractivity (Wildman–Crippen MR) is 132 cm³/mol. The molecule has 0 bridgehead atoms. The van der Waals surface area contributed by atoms with Gasteiger partial charge in [-0.05, 0) is 45.8 Å². The van der Waals surface area contributed by atoms with Gasteiger partial charge in [0.25, 0.3) is 0 Å². The first-order valence-corrected chi connectivity index (χ1v) is 16.0. The van der Waals surface area contributed by atoms with Gasteiger partial charge in [0.1, 0.15) is 10.5 Å². The van der Waals surface area contributed by atoms with Crippen LogP contribution in [0, 0.1) is 11.8 Å². The standard InChI is InChI=1S/C21H37N2O5PSSi/c1-12-26-29(9,25)17-16(14-13-15-27-31(10,11)21(5,6)7)30-18(22-17)23(8)19(24)28-20(2,3)4/h12,15H2,1-11H3. The number of carbonyl (C=O) groups excluding carboxylic acids is 1. The molecule has 0 saturated heterocycles. The van der Waals surface area contributed by atoms with E-state index in [4.69, 9.17) is 13.7 Å². The summed E-state index contributed by atoms with van der Waals surface area (Å²) in [5, 5.41) is 0.433. The van der Waals surface area contributed by atoms with Crippen molar-refractivity contribution in [3.63, 3.8) is 0 Å². The molecule has 1 aromatic rings. The molecule has 0 aliphatic rings. The van der Waals surface area contributed by atoms with Gasteiger partial charge in [-0.2, -0.15) is 0 Å². The summed E-state index contributed by atoms with van der Waals surface area (Å²) in [7, 11) is -3.55. The monoisotopic (exact) mass is 488 g/mol. The molecule has 7 nitrogen and oxygen atoms in total. The van der Waals surface area contributed by atoms with E-state index in [1.807, 2.05) is 0 Å². The Morgan fingerprint density at radius 1 is 1.23 bits per heavy atom. The van der Waals surface area contributed by atoms with Crippen LogP contribution >= 0.6 is 18.7 Å². The topological polar surface area (TPSA) is 78.0 Å². The van der Waals surface area contributed by atoms with Crippen molar-refractivity contribution in [2.45, 2.75) is 72.2 Å². The van der Waals surface area contributed by atoms with E-state index in [0.717, 1.165) is 0 Å². The van der Waals surface area contributed by atoms with Crippen molar-refractivity contribution < 1.29 is 23.0 Å². The second-order valence-corrected chi connectivity index (χ2v) is 18.0. The molecule has 0 saturated carbocycles. The maximum absolute atomic E-state index is 13.1. The van der Waals surface area contributed by atoms with Crippen LogP contribution in [0.15, 0.2) is 0 Å². The van der Waals surface area contributed by atoms with Crippen LogP contribution in [-0.4, -0.2) is 51.9 Å². The van der Waals surface area contributed by atoms with Gasteiger partial charge >= 0.3 is 6.09 Å². The van der Waals surface area contributed by atoms with Crippen LogP contribution in [0.2, 0.25) is 18.1 Å². The SMILES string of the molecule is CCOP(C)(=O)c1nc(N(C)C(=O)OC(C)(C)C)sc1C#CCO[Si](C)(C)C(C)(C)C. The number of carbonyl (C=O) groups is 1. The van der Waals surface area contributed by atoms with Crippen LogP contribution in [-0.2, 0) is 18.3 Å². The number of anilines is 1. The predicted octanol–water partition coefficient (Wildman–Crippen LogP) is 5.46. The Labute approximate surface area is 192 Å². The van der Waals surface area contributed by atoms with E-state index in [-0.39, 0.29) is 23.7 Å². The molecular weight excluding hydrogens is 451 g/mol. The Balaban J connectivity index is 3.22. The Bertz CT molecular complexity index is 890. The molecule has 0 N–H and O–H groups in total. The van der Waals surface area contributed by atoms with Crippen molar-refractivity contribution in [1.82, 2.24) is 4.98 Å². The molecule has 1 rings (SSSR count). The van der Waals surface area contributed by atoms with Gasteiger partial charge in [0, 0.05) is 13.7 Å². The van der Waals surface area contributed by atoms with Gasteiger partial charge in [-0.3, -0.25) is 9.46 Å². The molecule has 0 fully saturated rings. The van der Waals surface area contributed by atoms with Gasteiger partial charge in [-0.1, -0.05) is 43.9 Å². The lowest BCUT2D eigenvalue weighted by Crippen LogP contribution is -2.40. The molecule has 0 aliphatic carbocycles. The number of rotatable bonds is 6. The minimum atomic E-state index is -3.19. The summed E-state index contributed by atoms with van der Waals surface area (Å²) in [5.41, 5.74) is -0.370. The average molecular weight is 489 g/mol. The van der Waals surface area contributed by atoms with Crippen molar-refractivity contribution in [3.05, 3.63) is 4.88 Å². The molecule has 10 heteroatoms. The fraction of sp³-hybridized carbons (Fsp3) is 0.714. The second kappa shape index (κ2) is 10.2. The highest BCUT2D eigenvalue weighted by Crippen LogP contribution is 2.44. The van der Waals surface area contributed by atoms with Crippen molar-refractivity contribution in [2.24, 2.45) is 0 Å². The first kappa shape index (κ1) is 27.9. The zero-order valence-corrected chi connectivity index (χ0v) is 23.4. The normalized spacial score (nSPS) is 14.4. The highest BCUT2D eigenvalue weighted by atomic mass is 32.1. The van der Waals surface area contributed by atoms with Crippen molar-refractivity contribution in [3.8, 4) is 11.8 Å². The van der Waals surface area contributed by atoms with Crippen LogP contribution in [0.4, 0.5) is 9.93 Å². The Hall–Kier alpha value is -1.17. The smallest absolute Gasteiger partial charge is 0.416 e. The van der Waals surface area contributed by atoms with Crippen molar-refractivity contribution >= 4 is 43.7 Å². The number of amides is 1. The fourth-order valence-electron chi connectivity index (χ4n) is 2.07. The molecule has 0 aromatic carbocycles. The van der Waals surface area contributed by atoms with Crippen LogP contribution in [0.3, 0.4) is 0 Å². The van der Waals surface area contributed by atoms with E-state index >= 15 is 0 Å². The second-order valence-electron chi connectivity index (χ2n) is 9.80. The summed E-state index contributed by atoms with van der Waals surface area (Å²) in [6.07, 6.45) is -0.545. The molecule has 0 aliphatic heterocycles. The number of aromatic nitrogens is 1. The quantitative estimate of drug-likeness (QED) is 0.301. The minimum Gasteiger partial charge on any atom is -0.443 e. The van der Waals surface area contributed by atoms with E-state index in [0.29, 0.717) is 10.0 Å². The van der Waals surface area contributed by atoms with Gasteiger partial charge in [-0.25, -0.2) is 9.78 Å². The molecule has 1 unspecified atom stereocenters. The number of nitrogens with zero attached hydrogens (tertiary/aromatic N) is 2. The van der Waals surface area contributed by atoms with Gasteiger partial charge < -0.3 is 13.7 Å². The molecule has 1 heterocycles. The van der Waals surface area contributed by atoms with Crippen LogP contribution in [0.25, 0.3) is 0 Å². The van der Waals surface area contributed by atoms with Gasteiger partial charge in [0.15, 0.2) is 18.9 Å². The summed E-state index contributed by atoms with van der Waals surface area (Å²) >= 11 is 1.18. The van der Waals surface area contributed by atoms with Gasteiger partial charge in [-0.15, -0.1) is 0 Å². The van der Waals surface area contributed by atoms with E-state index in [1.54, 1.807) is 34.7 Å². The maximum atomic E-state index is 13.1. The molecule has 1 amide bonds. The lowest BCUT2D eigenvalue weighted by molar-refractivity contribution is 0.0589. The minimum absolute atomic E-state index is 0.0850. The molecule has 1 aromatic heterocycles. The lowest BCUT2D eigenvalue weighted by atomic mass is 10.2. The Kier molecular flexibility index (Phi) is 9.15. The summed E-state index contributed by atoms with van der Waals surface area (Å²) < 4.78 is 30.1. The highest BCUT2D eigenvalue weighted by molar-refractivity contribution is 7.66. The fourth-order valence-corrected chi connectivity index (χ4v) is 5.74. The number of thiazole rings is 1. The van der Waals surface area contributed by atoms with Gasteiger partial charge in [0.2, 0.25) is 7.37 Å². The third-order valence-electron chi connectivity index (χ3n) is 4.83. The first-order valence-electron chi connectivity index (χ1n) is 10.2. The number of ether oxygens (including phenoxy) is 1. The molecule has 0 radical (unpaired) electrons. The molecule has 1 atom stereocenters. The first-order chi connectivity index (χ1) is 13.9. The maximum Gasteiger partial charge on any atom is 0.416 e. The van der Waals surface area contributed by atoms with Crippen LogP contribution in [0.1, 0.15) is 53.3 Å². The third-order valence-corrected chi connectivity index (χ3v) is 12.3. The zero-order chi connectivity index (χ0) is 24.3. The Morgan fingerprint density at radius 2 is 1.81 bits per heavy atom. The van der Waals surface area contributed by atoms with Crippen LogP contribution < -0.4 is 10.3 Å². The van der Waals surface area contributed by atoms with Crippen molar-refractivity contribution in [2.75, 3.05) is 31.8 Å². The van der Waals surface area contributed by atoms with E-state index in [2.05, 4.69) is 50.7 Å².